The molecule has 0 atom stereocenters. The summed E-state index contributed by atoms with van der Waals surface area (Å²) in [5, 5.41) is 0. The number of aromatic nitrogens is 2. The second-order valence-corrected chi connectivity index (χ2v) is 9.79. The van der Waals surface area contributed by atoms with Gasteiger partial charge in [-0.25, -0.2) is 0 Å². The molecule has 3 aromatic carbocycles. The Labute approximate surface area is 215 Å². The van der Waals surface area contributed by atoms with Crippen LogP contribution in [0.2, 0.25) is 0 Å². The number of nitrogens with one attached hydrogen (secondary N) is 2. The maximum Gasteiger partial charge on any atom is 0.0460 e. The number of aromatic amines is 2. The quantitative estimate of drug-likeness (QED) is 0.203. The van der Waals surface area contributed by atoms with Crippen LogP contribution in [-0.4, -0.2) is 9.97 Å². The van der Waals surface area contributed by atoms with Gasteiger partial charge in [0.15, 0.2) is 0 Å². The second kappa shape index (κ2) is 11.3. The van der Waals surface area contributed by atoms with E-state index in [4.69, 9.17) is 0 Å². The minimum absolute atomic E-state index is 1.14. The van der Waals surface area contributed by atoms with E-state index in [2.05, 4.69) is 121 Å². The van der Waals surface area contributed by atoms with Gasteiger partial charge in [0.25, 0.3) is 0 Å². The van der Waals surface area contributed by atoms with Gasteiger partial charge in [-0.05, 0) is 88.4 Å². The number of rotatable bonds is 10. The predicted molar refractivity (Wildman–Crippen MR) is 154 cm³/mol. The van der Waals surface area contributed by atoms with Gasteiger partial charge in [0, 0.05) is 23.8 Å². The lowest BCUT2D eigenvalue weighted by atomic mass is 10.0. The number of hydrogen-bond acceptors (Lipinski definition) is 0. The van der Waals surface area contributed by atoms with Crippen LogP contribution < -0.4 is 0 Å². The lowest BCUT2D eigenvalue weighted by Gasteiger charge is -2.04. The molecule has 0 unspecified atom stereocenters. The van der Waals surface area contributed by atoms with Crippen LogP contribution in [-0.2, 0) is 12.8 Å². The third kappa shape index (κ3) is 5.54. The average Bonchev–Trinajstić information content (AvgIpc) is 3.62. The summed E-state index contributed by atoms with van der Waals surface area (Å²) in [5.74, 6) is 0. The molecule has 2 N–H and O–H groups in total. The van der Waals surface area contributed by atoms with Crippen molar-refractivity contribution < 1.29 is 0 Å². The molecule has 0 spiro atoms. The number of benzene rings is 3. The molecule has 0 fully saturated rings. The third-order valence-corrected chi connectivity index (χ3v) is 7.06. The molecule has 5 aromatic rings. The van der Waals surface area contributed by atoms with E-state index in [1.807, 2.05) is 0 Å². The normalized spacial score (nSPS) is 11.2. The SMILES string of the molecule is CCCCc1ccc(-c2c[nH]c(-c3cccc(-c4cc(-c5ccc(CCCC)cc5)c[nH]4)c3)c2)cc1. The molecule has 182 valence electrons. The first-order valence-corrected chi connectivity index (χ1v) is 13.4. The Kier molecular flexibility index (Phi) is 7.52. The molecule has 0 bridgehead atoms. The number of unbranched alkanes of at least 4 members (excludes halogenated alkanes) is 2. The fourth-order valence-electron chi connectivity index (χ4n) is 4.80. The van der Waals surface area contributed by atoms with E-state index >= 15 is 0 Å². The van der Waals surface area contributed by atoms with Crippen molar-refractivity contribution in [1.82, 2.24) is 9.97 Å². The highest BCUT2D eigenvalue weighted by Crippen LogP contribution is 2.31. The first-order valence-electron chi connectivity index (χ1n) is 13.4. The van der Waals surface area contributed by atoms with Gasteiger partial charge >= 0.3 is 0 Å². The van der Waals surface area contributed by atoms with E-state index in [1.54, 1.807) is 0 Å². The summed E-state index contributed by atoms with van der Waals surface area (Å²) >= 11 is 0. The third-order valence-electron chi connectivity index (χ3n) is 7.06. The van der Waals surface area contributed by atoms with Gasteiger partial charge in [0.2, 0.25) is 0 Å². The number of H-pyrrole nitrogens is 2. The summed E-state index contributed by atoms with van der Waals surface area (Å²) in [6, 6.07) is 31.3. The zero-order chi connectivity index (χ0) is 24.7. The van der Waals surface area contributed by atoms with Crippen LogP contribution >= 0.6 is 0 Å². The van der Waals surface area contributed by atoms with Crippen LogP contribution in [0.5, 0.6) is 0 Å². The Hall–Kier alpha value is -3.78. The van der Waals surface area contributed by atoms with Crippen molar-refractivity contribution in [3.63, 3.8) is 0 Å². The van der Waals surface area contributed by atoms with E-state index in [9.17, 15) is 0 Å². The Morgan fingerprint density at radius 2 is 0.917 bits per heavy atom. The van der Waals surface area contributed by atoms with Crippen molar-refractivity contribution in [2.24, 2.45) is 0 Å². The maximum atomic E-state index is 3.49. The molecule has 0 aliphatic heterocycles. The van der Waals surface area contributed by atoms with Crippen molar-refractivity contribution in [3.05, 3.63) is 108 Å². The minimum Gasteiger partial charge on any atom is -0.361 e. The van der Waals surface area contributed by atoms with Gasteiger partial charge in [-0.1, -0.05) is 93.4 Å². The zero-order valence-electron chi connectivity index (χ0n) is 21.5. The Morgan fingerprint density at radius 3 is 1.33 bits per heavy atom. The number of hydrogen-bond donors (Lipinski definition) is 2. The molecule has 2 nitrogen and oxygen atoms in total. The highest BCUT2D eigenvalue weighted by molar-refractivity contribution is 5.77. The molecular weight excluding hydrogens is 436 g/mol. The van der Waals surface area contributed by atoms with Gasteiger partial charge in [-0.2, -0.15) is 0 Å². The van der Waals surface area contributed by atoms with Crippen LogP contribution in [0, 0.1) is 0 Å². The summed E-state index contributed by atoms with van der Waals surface area (Å²) in [5.41, 5.74) is 12.4. The molecule has 2 heteroatoms. The molecule has 2 heterocycles. The molecular formula is C34H36N2. The summed E-state index contributed by atoms with van der Waals surface area (Å²) in [7, 11) is 0. The van der Waals surface area contributed by atoms with E-state index in [0.29, 0.717) is 0 Å². The van der Waals surface area contributed by atoms with E-state index < -0.39 is 0 Å². The molecule has 0 radical (unpaired) electrons. The molecule has 0 amide bonds. The van der Waals surface area contributed by atoms with Crippen molar-refractivity contribution in [2.45, 2.75) is 52.4 Å². The monoisotopic (exact) mass is 472 g/mol. The van der Waals surface area contributed by atoms with Crippen molar-refractivity contribution in [1.29, 1.82) is 0 Å². The topological polar surface area (TPSA) is 31.6 Å². The largest absolute Gasteiger partial charge is 0.361 e. The van der Waals surface area contributed by atoms with E-state index in [0.717, 1.165) is 24.2 Å². The van der Waals surface area contributed by atoms with Gasteiger partial charge in [0.1, 0.15) is 0 Å². The van der Waals surface area contributed by atoms with Crippen molar-refractivity contribution in [2.75, 3.05) is 0 Å². The van der Waals surface area contributed by atoms with E-state index in [1.165, 1.54) is 70.2 Å². The first-order chi connectivity index (χ1) is 17.7. The Balaban J connectivity index is 1.32. The van der Waals surface area contributed by atoms with Crippen LogP contribution in [0.15, 0.2) is 97.3 Å². The smallest absolute Gasteiger partial charge is 0.0460 e. The van der Waals surface area contributed by atoms with Gasteiger partial charge in [-0.3, -0.25) is 0 Å². The highest BCUT2D eigenvalue weighted by atomic mass is 14.7. The standard InChI is InChI=1S/C34H36N2/c1-3-5-8-25-12-16-27(17-13-25)31-21-33(35-23-31)29-10-7-11-30(20-29)34-22-32(24-36-34)28-18-14-26(15-19-28)9-6-4-2/h7,10-24,35-36H,3-6,8-9H2,1-2H3. The summed E-state index contributed by atoms with van der Waals surface area (Å²) < 4.78 is 0. The van der Waals surface area contributed by atoms with Crippen LogP contribution in [0.4, 0.5) is 0 Å². The Bertz CT molecular complexity index is 1280. The van der Waals surface area contributed by atoms with Gasteiger partial charge in [0.05, 0.1) is 0 Å². The minimum atomic E-state index is 1.14. The molecule has 2 aromatic heterocycles. The average molecular weight is 473 g/mol. The predicted octanol–water partition coefficient (Wildman–Crippen LogP) is 9.70. The summed E-state index contributed by atoms with van der Waals surface area (Å²) in [6.07, 6.45) is 11.5. The molecule has 0 aliphatic rings. The molecule has 0 saturated carbocycles. The fraction of sp³-hybridized carbons (Fsp3) is 0.235. The van der Waals surface area contributed by atoms with Crippen LogP contribution in [0.1, 0.15) is 50.7 Å². The summed E-state index contributed by atoms with van der Waals surface area (Å²) in [4.78, 5) is 6.98. The lowest BCUT2D eigenvalue weighted by Crippen LogP contribution is -1.84. The fourth-order valence-corrected chi connectivity index (χ4v) is 4.80. The Morgan fingerprint density at radius 1 is 0.472 bits per heavy atom. The second-order valence-electron chi connectivity index (χ2n) is 9.79. The van der Waals surface area contributed by atoms with E-state index in [-0.39, 0.29) is 0 Å². The molecule has 5 rings (SSSR count). The maximum absolute atomic E-state index is 3.49. The van der Waals surface area contributed by atoms with Crippen molar-refractivity contribution >= 4 is 0 Å². The zero-order valence-corrected chi connectivity index (χ0v) is 21.5. The molecule has 36 heavy (non-hydrogen) atoms. The summed E-state index contributed by atoms with van der Waals surface area (Å²) in [6.45, 7) is 4.48. The van der Waals surface area contributed by atoms with Crippen LogP contribution in [0.3, 0.4) is 0 Å². The molecule has 0 saturated heterocycles. The first kappa shape index (κ1) is 23.9. The van der Waals surface area contributed by atoms with Gasteiger partial charge < -0.3 is 9.97 Å². The van der Waals surface area contributed by atoms with Gasteiger partial charge in [-0.15, -0.1) is 0 Å². The lowest BCUT2D eigenvalue weighted by molar-refractivity contribution is 0.795. The molecule has 0 aliphatic carbocycles. The van der Waals surface area contributed by atoms with Crippen LogP contribution in [0.25, 0.3) is 44.8 Å². The highest BCUT2D eigenvalue weighted by Gasteiger charge is 2.09. The van der Waals surface area contributed by atoms with Crippen molar-refractivity contribution in [3.8, 4) is 44.8 Å². The number of aryl methyl sites for hydroxylation is 2.